The Kier molecular flexibility index (Phi) is 20.0. The van der Waals surface area contributed by atoms with E-state index in [0.717, 1.165) is 9.80 Å². The molecule has 20 nitrogen and oxygen atoms in total. The molecule has 0 unspecified atom stereocenters. The first-order valence-electron chi connectivity index (χ1n) is 16.1. The van der Waals surface area contributed by atoms with Crippen LogP contribution in [0.1, 0.15) is 43.5 Å². The number of rotatable bonds is 20. The number of nitrogens with one attached hydrogen (secondary N) is 1. The van der Waals surface area contributed by atoms with Crippen LogP contribution >= 0.6 is 0 Å². The van der Waals surface area contributed by atoms with Crippen molar-refractivity contribution in [3.63, 3.8) is 0 Å². The van der Waals surface area contributed by atoms with Crippen LogP contribution in [0.2, 0.25) is 0 Å². The standard InChI is InChI=1S/C33H36N8O12.Eu.Na/c42-27-10-11-28(43)41(27)53-33(52)35-12-2-1-9-26(32(50)51)40(19-31(48)49)16-21-6-4-8-23(37-21)25-14-34-13-24(38-25)22-7-3-5-20(36-22)15-39(17-29(44)45)18-30(46)47;;/h3-8,13-14,26H,1-2,9-12,15-19H2,(H,35,52)(H,44,45)(H,46,47)(H,48,49)(H,50,51);;/q;+3;+1/p-4/t26-;;/m0../s1. The molecule has 1 saturated heterocycles. The normalized spacial score (nSPS) is 12.8. The van der Waals surface area contributed by atoms with Gasteiger partial charge in [-0.2, -0.15) is 0 Å². The molecule has 1 aliphatic heterocycles. The number of carbonyl (C=O) groups excluding carboxylic acids is 7. The number of carboxylic acid groups (broad SMARTS) is 4. The van der Waals surface area contributed by atoms with Crippen LogP contribution in [0, 0.1) is 49.4 Å². The molecule has 0 saturated carbocycles. The first-order chi connectivity index (χ1) is 25.3. The zero-order valence-corrected chi connectivity index (χ0v) is 33.8. The minimum absolute atomic E-state index is 0. The number of hydroxylamine groups is 2. The number of pyridine rings is 2. The Balaban J connectivity index is 0.00000523. The van der Waals surface area contributed by atoms with Gasteiger partial charge >= 0.3 is 85.0 Å². The average Bonchev–Trinajstić information content (AvgIpc) is 3.41. The van der Waals surface area contributed by atoms with Gasteiger partial charge in [0.1, 0.15) is 11.4 Å². The quantitative estimate of drug-likeness (QED) is 0.0626. The molecule has 284 valence electrons. The summed E-state index contributed by atoms with van der Waals surface area (Å²) in [6, 6.07) is 8.17. The summed E-state index contributed by atoms with van der Waals surface area (Å²) in [5.74, 6) is -7.33. The van der Waals surface area contributed by atoms with Crippen LogP contribution in [-0.2, 0) is 46.7 Å². The number of aliphatic carboxylic acids is 4. The summed E-state index contributed by atoms with van der Waals surface area (Å²) in [5, 5.41) is 48.6. The fourth-order valence-electron chi connectivity index (χ4n) is 5.32. The van der Waals surface area contributed by atoms with E-state index >= 15 is 0 Å². The molecule has 3 aromatic rings. The van der Waals surface area contributed by atoms with Crippen LogP contribution in [0.4, 0.5) is 4.79 Å². The van der Waals surface area contributed by atoms with Gasteiger partial charge in [0.05, 0.1) is 65.1 Å². The molecule has 55 heavy (non-hydrogen) atoms. The molecule has 3 amide bonds. The van der Waals surface area contributed by atoms with Gasteiger partial charge < -0.3 is 49.8 Å². The first-order valence-corrected chi connectivity index (χ1v) is 16.1. The second-order valence-electron chi connectivity index (χ2n) is 11.7. The fourth-order valence-corrected chi connectivity index (χ4v) is 5.32. The molecule has 3 aromatic heterocycles. The van der Waals surface area contributed by atoms with Gasteiger partial charge in [-0.3, -0.25) is 24.4 Å². The van der Waals surface area contributed by atoms with Gasteiger partial charge in [0.2, 0.25) is 0 Å². The summed E-state index contributed by atoms with van der Waals surface area (Å²) < 4.78 is 0. The van der Waals surface area contributed by atoms with E-state index in [9.17, 15) is 54.0 Å². The molecule has 0 spiro atoms. The van der Waals surface area contributed by atoms with Crippen molar-refractivity contribution in [2.24, 2.45) is 0 Å². The third kappa shape index (κ3) is 15.3. The Morgan fingerprint density at radius 2 is 1.27 bits per heavy atom. The van der Waals surface area contributed by atoms with Crippen molar-refractivity contribution in [3.05, 3.63) is 60.2 Å². The van der Waals surface area contributed by atoms with E-state index in [2.05, 4.69) is 25.3 Å². The number of carbonyl (C=O) groups is 7. The second kappa shape index (κ2) is 23.3. The van der Waals surface area contributed by atoms with Gasteiger partial charge in [0.15, 0.2) is 0 Å². The van der Waals surface area contributed by atoms with Crippen LogP contribution < -0.4 is 55.3 Å². The maximum atomic E-state index is 12.1. The van der Waals surface area contributed by atoms with Gasteiger partial charge in [-0.05, 0) is 43.5 Å². The summed E-state index contributed by atoms with van der Waals surface area (Å²) in [6.07, 6.45) is 2.01. The zero-order valence-electron chi connectivity index (χ0n) is 29.4. The third-order valence-electron chi connectivity index (χ3n) is 7.63. The van der Waals surface area contributed by atoms with Crippen LogP contribution in [0.15, 0.2) is 48.8 Å². The maximum absolute atomic E-state index is 12.1. The van der Waals surface area contributed by atoms with Crippen LogP contribution in [0.5, 0.6) is 0 Å². The van der Waals surface area contributed by atoms with Crippen molar-refractivity contribution >= 4 is 41.8 Å². The number of amides is 3. The molecule has 0 bridgehead atoms. The Bertz CT molecular complexity index is 1840. The van der Waals surface area contributed by atoms with Gasteiger partial charge in [-0.1, -0.05) is 12.1 Å². The van der Waals surface area contributed by atoms with Crippen LogP contribution in [0.3, 0.4) is 0 Å². The van der Waals surface area contributed by atoms with Gasteiger partial charge in [-0.15, -0.1) is 5.06 Å². The number of imide groups is 1. The number of hydrogen-bond acceptors (Lipinski definition) is 18. The summed E-state index contributed by atoms with van der Waals surface area (Å²) in [6.45, 7) is -2.47. The molecule has 0 radical (unpaired) electrons. The molecule has 22 heteroatoms. The van der Waals surface area contributed by atoms with Crippen LogP contribution in [0.25, 0.3) is 22.8 Å². The average molecular weight is 908 g/mol. The maximum Gasteiger partial charge on any atom is 3.00 e. The van der Waals surface area contributed by atoms with Gasteiger partial charge in [-0.25, -0.2) is 19.7 Å². The second-order valence-corrected chi connectivity index (χ2v) is 11.7. The zero-order chi connectivity index (χ0) is 38.5. The van der Waals surface area contributed by atoms with E-state index in [1.54, 1.807) is 36.4 Å². The van der Waals surface area contributed by atoms with Crippen molar-refractivity contribution in [3.8, 4) is 22.8 Å². The number of carboxylic acids is 4. The number of aromatic nitrogens is 4. The largest absolute Gasteiger partial charge is 3.00 e. The monoisotopic (exact) mass is 908 g/mol. The molecule has 1 fully saturated rings. The molecule has 1 aliphatic rings. The Morgan fingerprint density at radius 1 is 0.745 bits per heavy atom. The predicted octanol–water partition coefficient (Wildman–Crippen LogP) is -7.46. The minimum Gasteiger partial charge on any atom is -0.549 e. The first kappa shape index (κ1) is 47.3. The summed E-state index contributed by atoms with van der Waals surface area (Å²) in [4.78, 5) is 106. The van der Waals surface area contributed by atoms with Crippen molar-refractivity contribution < 1.29 is 138 Å². The van der Waals surface area contributed by atoms with E-state index in [1.165, 1.54) is 12.4 Å². The van der Waals surface area contributed by atoms with E-state index < -0.39 is 67.5 Å². The molecule has 4 rings (SSSR count). The summed E-state index contributed by atoms with van der Waals surface area (Å²) in [5.41, 5.74) is 1.81. The van der Waals surface area contributed by atoms with Crippen molar-refractivity contribution in [2.45, 2.75) is 51.2 Å². The topological polar surface area (TPSA) is 294 Å². The van der Waals surface area contributed by atoms with Crippen molar-refractivity contribution in [1.29, 1.82) is 0 Å². The number of nitrogens with zero attached hydrogens (tertiary/aromatic N) is 7. The Hall–Kier alpha value is -3.83. The van der Waals surface area contributed by atoms with Crippen molar-refractivity contribution in [1.82, 2.24) is 40.1 Å². The van der Waals surface area contributed by atoms with E-state index in [4.69, 9.17) is 4.84 Å². The van der Waals surface area contributed by atoms with Gasteiger partial charge in [0, 0.05) is 52.1 Å². The Morgan fingerprint density at radius 3 is 1.78 bits per heavy atom. The van der Waals surface area contributed by atoms with E-state index in [0.29, 0.717) is 27.8 Å². The van der Waals surface area contributed by atoms with Crippen molar-refractivity contribution in [2.75, 3.05) is 26.2 Å². The molecule has 0 aromatic carbocycles. The SMILES string of the molecule is O=C([O-])CN(CC(=O)[O-])Cc1cccc(-c2cncc(-c3cccc(CN(CC(=O)[O-])[C@@H](CCCCNC(=O)ON4C(=O)CCC4=O)C(=O)[O-])n3)n2)n1.[Eu+3].[Na+]. The molecule has 1 atom stereocenters. The molecular formula is C33H32EuN8NaO12. The fraction of sp³-hybridized carbons (Fsp3) is 0.364. The Labute approximate surface area is 376 Å². The summed E-state index contributed by atoms with van der Waals surface area (Å²) >= 11 is 0. The van der Waals surface area contributed by atoms with Gasteiger partial charge in [0.25, 0.3) is 11.8 Å². The molecule has 1 N–H and O–H groups in total. The summed E-state index contributed by atoms with van der Waals surface area (Å²) in [7, 11) is 0. The van der Waals surface area contributed by atoms with Crippen LogP contribution in [-0.4, -0.2) is 109 Å². The number of hydrogen-bond donors (Lipinski definition) is 1. The third-order valence-corrected chi connectivity index (χ3v) is 7.63. The minimum atomic E-state index is -1.54. The molecule has 4 heterocycles. The van der Waals surface area contributed by atoms with E-state index in [1.807, 2.05) is 0 Å². The number of unbranched alkanes of at least 4 members (excludes halogenated alkanes) is 1. The molecule has 0 aliphatic carbocycles. The predicted molar refractivity (Wildman–Crippen MR) is 167 cm³/mol. The molecular weight excluding hydrogens is 875 g/mol. The van der Waals surface area contributed by atoms with E-state index in [-0.39, 0.29) is 142 Å². The smallest absolute Gasteiger partial charge is 0.549 e.